The van der Waals surface area contributed by atoms with Crippen molar-refractivity contribution >= 4 is 44.5 Å². The van der Waals surface area contributed by atoms with Crippen molar-refractivity contribution in [1.29, 1.82) is 0 Å². The predicted molar refractivity (Wildman–Crippen MR) is 89.7 cm³/mol. The summed E-state index contributed by atoms with van der Waals surface area (Å²) < 4.78 is 10.5. The van der Waals surface area contributed by atoms with Crippen LogP contribution in [0.2, 0.25) is 0 Å². The summed E-state index contributed by atoms with van der Waals surface area (Å²) in [6.07, 6.45) is 0. The number of hydrogen-bond acceptors (Lipinski definition) is 3. The highest BCUT2D eigenvalue weighted by Crippen LogP contribution is 2.23. The number of ether oxygens (including phenoxy) is 2. The van der Waals surface area contributed by atoms with Crippen molar-refractivity contribution < 1.29 is 9.47 Å². The van der Waals surface area contributed by atoms with Crippen LogP contribution in [-0.4, -0.2) is 43.4 Å². The van der Waals surface area contributed by atoms with Crippen molar-refractivity contribution in [3.8, 4) is 11.5 Å². The van der Waals surface area contributed by atoms with Crippen molar-refractivity contribution in [2.45, 2.75) is 6.54 Å². The van der Waals surface area contributed by atoms with Gasteiger partial charge in [-0.1, -0.05) is 15.9 Å². The average Bonchev–Trinajstić information content (AvgIpc) is 2.38. The van der Waals surface area contributed by atoms with Crippen LogP contribution in [0.1, 0.15) is 5.56 Å². The van der Waals surface area contributed by atoms with Gasteiger partial charge in [0.2, 0.25) is 0 Å². The van der Waals surface area contributed by atoms with Crippen LogP contribution < -0.4 is 9.47 Å². The lowest BCUT2D eigenvalue weighted by molar-refractivity contribution is 0.299. The third kappa shape index (κ3) is 6.84. The normalized spacial score (nSPS) is 10.2. The van der Waals surface area contributed by atoms with Crippen molar-refractivity contribution in [2.75, 3.05) is 38.5 Å². The SMILES string of the molecule is Br.COc1cc(CN(CCCl)CCBr)cc(OC)c1. The monoisotopic (exact) mass is 415 g/mol. The minimum absolute atomic E-state index is 0. The molecular weight excluding hydrogens is 397 g/mol. The molecule has 1 aromatic carbocycles. The molecular formula is C13H20Br2ClNO2. The standard InChI is InChI=1S/C13H19BrClNO2.BrH/c1-17-12-7-11(8-13(9-12)18-2)10-16(5-3-14)6-4-15;/h7-9H,3-6,10H2,1-2H3;1H. The first-order valence-corrected chi connectivity index (χ1v) is 7.45. The molecule has 0 aliphatic rings. The first kappa shape index (κ1) is 19.0. The fraction of sp³-hybridized carbons (Fsp3) is 0.538. The molecule has 0 amide bonds. The molecule has 6 heteroatoms. The van der Waals surface area contributed by atoms with Gasteiger partial charge < -0.3 is 9.47 Å². The molecule has 0 unspecified atom stereocenters. The van der Waals surface area contributed by atoms with E-state index in [2.05, 4.69) is 20.8 Å². The van der Waals surface area contributed by atoms with Gasteiger partial charge in [0.1, 0.15) is 11.5 Å². The molecule has 0 saturated heterocycles. The summed E-state index contributed by atoms with van der Waals surface area (Å²) in [5, 5.41) is 0.936. The van der Waals surface area contributed by atoms with E-state index in [0.717, 1.165) is 42.0 Å². The Balaban J connectivity index is 0.00000324. The van der Waals surface area contributed by atoms with Crippen LogP contribution in [0.3, 0.4) is 0 Å². The van der Waals surface area contributed by atoms with Gasteiger partial charge in [0.25, 0.3) is 0 Å². The molecule has 110 valence electrons. The number of rotatable bonds is 8. The third-order valence-electron chi connectivity index (χ3n) is 2.62. The molecule has 19 heavy (non-hydrogen) atoms. The van der Waals surface area contributed by atoms with E-state index in [1.54, 1.807) is 14.2 Å². The molecule has 0 N–H and O–H groups in total. The van der Waals surface area contributed by atoms with Crippen LogP contribution in [-0.2, 0) is 6.54 Å². The first-order chi connectivity index (χ1) is 8.73. The number of halogens is 3. The topological polar surface area (TPSA) is 21.7 Å². The molecule has 0 heterocycles. The second-order valence-corrected chi connectivity index (χ2v) is 5.05. The molecule has 0 aliphatic heterocycles. The van der Waals surface area contributed by atoms with E-state index in [1.807, 2.05) is 18.2 Å². The van der Waals surface area contributed by atoms with Gasteiger partial charge in [0.05, 0.1) is 14.2 Å². The van der Waals surface area contributed by atoms with E-state index in [4.69, 9.17) is 21.1 Å². The molecule has 0 atom stereocenters. The number of benzene rings is 1. The maximum absolute atomic E-state index is 5.81. The van der Waals surface area contributed by atoms with E-state index >= 15 is 0 Å². The Labute approximate surface area is 139 Å². The second kappa shape index (κ2) is 10.8. The van der Waals surface area contributed by atoms with Crippen LogP contribution in [0.25, 0.3) is 0 Å². The van der Waals surface area contributed by atoms with Crippen molar-refractivity contribution in [1.82, 2.24) is 4.90 Å². The minimum atomic E-state index is 0. The highest BCUT2D eigenvalue weighted by atomic mass is 79.9. The first-order valence-electron chi connectivity index (χ1n) is 5.79. The van der Waals surface area contributed by atoms with Gasteiger partial charge in [0, 0.05) is 36.9 Å². The van der Waals surface area contributed by atoms with Gasteiger partial charge in [-0.15, -0.1) is 28.6 Å². The van der Waals surface area contributed by atoms with Gasteiger partial charge in [-0.2, -0.15) is 0 Å². The zero-order chi connectivity index (χ0) is 13.4. The quantitative estimate of drug-likeness (QED) is 0.602. The van der Waals surface area contributed by atoms with Crippen molar-refractivity contribution in [2.24, 2.45) is 0 Å². The zero-order valence-corrected chi connectivity index (χ0v) is 15.3. The molecule has 0 radical (unpaired) electrons. The Kier molecular flexibility index (Phi) is 10.8. The summed E-state index contributed by atoms with van der Waals surface area (Å²) in [5.41, 5.74) is 1.16. The van der Waals surface area contributed by atoms with Gasteiger partial charge in [-0.25, -0.2) is 0 Å². The Morgan fingerprint density at radius 2 is 1.68 bits per heavy atom. The van der Waals surface area contributed by atoms with E-state index in [-0.39, 0.29) is 17.0 Å². The lowest BCUT2D eigenvalue weighted by Crippen LogP contribution is -2.27. The molecule has 1 aromatic rings. The van der Waals surface area contributed by atoms with Gasteiger partial charge in [-0.3, -0.25) is 4.90 Å². The Bertz CT molecular complexity index is 338. The van der Waals surface area contributed by atoms with Crippen molar-refractivity contribution in [3.05, 3.63) is 23.8 Å². The Morgan fingerprint density at radius 3 is 2.11 bits per heavy atom. The largest absolute Gasteiger partial charge is 0.497 e. The Hall–Kier alpha value is 0.0300. The van der Waals surface area contributed by atoms with Crippen LogP contribution in [0.15, 0.2) is 18.2 Å². The lowest BCUT2D eigenvalue weighted by atomic mass is 10.2. The van der Waals surface area contributed by atoms with Crippen LogP contribution in [0.5, 0.6) is 11.5 Å². The number of hydrogen-bond donors (Lipinski definition) is 0. The smallest absolute Gasteiger partial charge is 0.122 e. The zero-order valence-electron chi connectivity index (χ0n) is 11.2. The molecule has 0 fully saturated rings. The third-order valence-corrected chi connectivity index (χ3v) is 3.14. The van der Waals surface area contributed by atoms with Crippen LogP contribution in [0.4, 0.5) is 0 Å². The van der Waals surface area contributed by atoms with Crippen LogP contribution in [0, 0.1) is 0 Å². The number of alkyl halides is 2. The minimum Gasteiger partial charge on any atom is -0.497 e. The summed E-state index contributed by atoms with van der Waals surface area (Å²) in [6, 6.07) is 5.93. The summed E-state index contributed by atoms with van der Waals surface area (Å²) in [4.78, 5) is 2.29. The molecule has 0 aliphatic carbocycles. The molecule has 0 aromatic heterocycles. The summed E-state index contributed by atoms with van der Waals surface area (Å²) in [6.45, 7) is 2.67. The maximum Gasteiger partial charge on any atom is 0.122 e. The number of nitrogens with zero attached hydrogens (tertiary/aromatic N) is 1. The molecule has 0 saturated carbocycles. The number of methoxy groups -OCH3 is 2. The molecule has 1 rings (SSSR count). The average molecular weight is 418 g/mol. The van der Waals surface area contributed by atoms with E-state index in [9.17, 15) is 0 Å². The fourth-order valence-corrected chi connectivity index (χ4v) is 2.47. The highest BCUT2D eigenvalue weighted by Gasteiger charge is 2.07. The van der Waals surface area contributed by atoms with E-state index in [1.165, 1.54) is 0 Å². The maximum atomic E-state index is 5.81. The van der Waals surface area contributed by atoms with E-state index < -0.39 is 0 Å². The molecule has 0 spiro atoms. The summed E-state index contributed by atoms with van der Waals surface area (Å²) in [7, 11) is 3.32. The summed E-state index contributed by atoms with van der Waals surface area (Å²) >= 11 is 9.26. The van der Waals surface area contributed by atoms with Gasteiger partial charge in [0.15, 0.2) is 0 Å². The van der Waals surface area contributed by atoms with Crippen LogP contribution >= 0.6 is 44.5 Å². The molecule has 3 nitrogen and oxygen atoms in total. The van der Waals surface area contributed by atoms with Crippen molar-refractivity contribution in [3.63, 3.8) is 0 Å². The highest BCUT2D eigenvalue weighted by molar-refractivity contribution is 9.09. The molecule has 0 bridgehead atoms. The van der Waals surface area contributed by atoms with E-state index in [0.29, 0.717) is 5.88 Å². The van der Waals surface area contributed by atoms with Gasteiger partial charge in [-0.05, 0) is 17.7 Å². The summed E-state index contributed by atoms with van der Waals surface area (Å²) in [5.74, 6) is 2.26. The lowest BCUT2D eigenvalue weighted by Gasteiger charge is -2.20. The predicted octanol–water partition coefficient (Wildman–Crippen LogP) is 3.72. The van der Waals surface area contributed by atoms with Gasteiger partial charge >= 0.3 is 0 Å². The second-order valence-electron chi connectivity index (χ2n) is 3.88. The Morgan fingerprint density at radius 1 is 1.11 bits per heavy atom. The fourth-order valence-electron chi connectivity index (χ4n) is 1.72.